The fourth-order valence-corrected chi connectivity index (χ4v) is 3.21. The van der Waals surface area contributed by atoms with Crippen molar-refractivity contribution >= 4 is 29.4 Å². The van der Waals surface area contributed by atoms with E-state index in [1.165, 1.54) is 22.9 Å². The van der Waals surface area contributed by atoms with Crippen LogP contribution in [0.3, 0.4) is 0 Å². The van der Waals surface area contributed by atoms with Crippen molar-refractivity contribution in [1.29, 1.82) is 0 Å². The van der Waals surface area contributed by atoms with Crippen LogP contribution in [0.1, 0.15) is 33.3 Å². The number of hydrogen-bond donors (Lipinski definition) is 2. The highest BCUT2D eigenvalue weighted by molar-refractivity contribution is 8.00. The average molecular weight is 366 g/mol. The molecule has 25 heavy (non-hydrogen) atoms. The molecule has 0 atom stereocenters. The molecule has 0 aromatic heterocycles. The first kappa shape index (κ1) is 19.0. The Morgan fingerprint density at radius 2 is 2.08 bits per heavy atom. The van der Waals surface area contributed by atoms with Crippen molar-refractivity contribution in [2.45, 2.75) is 50.1 Å². The number of nitro benzene ring substituents is 1. The lowest BCUT2D eigenvalue weighted by molar-refractivity contribution is -0.387. The third-order valence-electron chi connectivity index (χ3n) is 3.27. The standard InChI is InChI=1S/C15H22N6O3S/c1-9(2)25-12-6-5-10(7-11(12)21(22)23)8-24-20-14(17)18-13(16)19-15(20,3)4/h5-7,9H,8H2,1-4H3,(H4,16,17,18,19). The van der Waals surface area contributed by atoms with Gasteiger partial charge in [-0.3, -0.25) is 15.0 Å². The van der Waals surface area contributed by atoms with Crippen LogP contribution >= 0.6 is 11.8 Å². The van der Waals surface area contributed by atoms with Crippen molar-refractivity contribution in [3.05, 3.63) is 33.9 Å². The normalized spacial score (nSPS) is 16.6. The summed E-state index contributed by atoms with van der Waals surface area (Å²) in [6.07, 6.45) is 0. The fourth-order valence-electron chi connectivity index (χ4n) is 2.31. The van der Waals surface area contributed by atoms with Crippen molar-refractivity contribution in [2.24, 2.45) is 21.5 Å². The second-order valence-electron chi connectivity index (χ2n) is 6.23. The molecule has 1 aliphatic heterocycles. The molecule has 0 radical (unpaired) electrons. The maximum atomic E-state index is 11.3. The zero-order chi connectivity index (χ0) is 18.8. The Morgan fingerprint density at radius 3 is 2.64 bits per heavy atom. The molecule has 136 valence electrons. The number of rotatable bonds is 6. The van der Waals surface area contributed by atoms with E-state index in [4.69, 9.17) is 16.3 Å². The lowest BCUT2D eigenvalue weighted by Crippen LogP contribution is -2.53. The van der Waals surface area contributed by atoms with Crippen molar-refractivity contribution in [3.63, 3.8) is 0 Å². The van der Waals surface area contributed by atoms with Gasteiger partial charge >= 0.3 is 0 Å². The summed E-state index contributed by atoms with van der Waals surface area (Å²) in [7, 11) is 0. The first-order chi connectivity index (χ1) is 11.6. The van der Waals surface area contributed by atoms with Crippen LogP contribution in [-0.4, -0.2) is 32.8 Å². The summed E-state index contributed by atoms with van der Waals surface area (Å²) < 4.78 is 0. The van der Waals surface area contributed by atoms with Crippen LogP contribution in [0.25, 0.3) is 0 Å². The first-order valence-electron chi connectivity index (χ1n) is 7.67. The Bertz CT molecular complexity index is 732. The van der Waals surface area contributed by atoms with Gasteiger partial charge in [0.05, 0.1) is 9.82 Å². The number of nitrogens with two attached hydrogens (primary N) is 2. The molecule has 0 fully saturated rings. The number of thioether (sulfide) groups is 1. The van der Waals surface area contributed by atoms with E-state index in [1.54, 1.807) is 26.0 Å². The minimum Gasteiger partial charge on any atom is -0.368 e. The third-order valence-corrected chi connectivity index (χ3v) is 4.34. The molecule has 4 N–H and O–H groups in total. The summed E-state index contributed by atoms with van der Waals surface area (Å²) in [6, 6.07) is 5.03. The molecule has 1 aromatic carbocycles. The van der Waals surface area contributed by atoms with E-state index in [0.29, 0.717) is 10.5 Å². The molecule has 1 heterocycles. The van der Waals surface area contributed by atoms with E-state index in [-0.39, 0.29) is 34.4 Å². The molecule has 9 nitrogen and oxygen atoms in total. The molecule has 0 saturated carbocycles. The van der Waals surface area contributed by atoms with E-state index < -0.39 is 5.66 Å². The molecular formula is C15H22N6O3S. The second-order valence-corrected chi connectivity index (χ2v) is 7.85. The minimum absolute atomic E-state index is 0.0570. The number of guanidine groups is 2. The molecule has 1 aromatic rings. The molecule has 2 rings (SSSR count). The van der Waals surface area contributed by atoms with Crippen LogP contribution in [-0.2, 0) is 11.4 Å². The van der Waals surface area contributed by atoms with Gasteiger partial charge in [-0.25, -0.2) is 4.99 Å². The third kappa shape index (κ3) is 4.60. The van der Waals surface area contributed by atoms with Crippen LogP contribution in [0.5, 0.6) is 0 Å². The summed E-state index contributed by atoms with van der Waals surface area (Å²) in [5, 5.41) is 12.9. The highest BCUT2D eigenvalue weighted by atomic mass is 32.2. The van der Waals surface area contributed by atoms with Gasteiger partial charge < -0.3 is 11.5 Å². The van der Waals surface area contributed by atoms with Gasteiger partial charge in [-0.1, -0.05) is 19.9 Å². The van der Waals surface area contributed by atoms with E-state index in [0.717, 1.165) is 0 Å². The number of aliphatic imine (C=N–C) groups is 2. The molecule has 0 aliphatic carbocycles. The summed E-state index contributed by atoms with van der Waals surface area (Å²) in [5.74, 6) is 0.159. The number of hydrogen-bond acceptors (Lipinski definition) is 9. The number of nitrogens with zero attached hydrogens (tertiary/aromatic N) is 4. The van der Waals surface area contributed by atoms with Gasteiger partial charge in [-0.2, -0.15) is 10.1 Å². The first-order valence-corrected chi connectivity index (χ1v) is 8.54. The van der Waals surface area contributed by atoms with Gasteiger partial charge in [0.1, 0.15) is 6.61 Å². The summed E-state index contributed by atoms with van der Waals surface area (Å²) >= 11 is 1.44. The van der Waals surface area contributed by atoms with Crippen LogP contribution < -0.4 is 11.5 Å². The van der Waals surface area contributed by atoms with Crippen LogP contribution in [0.4, 0.5) is 5.69 Å². The van der Waals surface area contributed by atoms with Crippen molar-refractivity contribution in [2.75, 3.05) is 0 Å². The predicted octanol–water partition coefficient (Wildman–Crippen LogP) is 2.21. The molecule has 0 bridgehead atoms. The van der Waals surface area contributed by atoms with Gasteiger partial charge in [-0.05, 0) is 25.5 Å². The van der Waals surface area contributed by atoms with Crippen LogP contribution in [0.15, 0.2) is 33.1 Å². The highest BCUT2D eigenvalue weighted by Crippen LogP contribution is 2.33. The number of hydroxylamine groups is 2. The predicted molar refractivity (Wildman–Crippen MR) is 98.0 cm³/mol. The SMILES string of the molecule is CC(C)Sc1ccc(CON2C(N)=NC(N)=NC2(C)C)cc1[N+](=O)[O-]. The zero-order valence-corrected chi connectivity index (χ0v) is 15.4. The van der Waals surface area contributed by atoms with E-state index in [1.807, 2.05) is 13.8 Å². The molecule has 0 amide bonds. The zero-order valence-electron chi connectivity index (χ0n) is 14.6. The quantitative estimate of drug-likeness (QED) is 0.448. The summed E-state index contributed by atoms with van der Waals surface area (Å²) in [4.78, 5) is 25.3. The Morgan fingerprint density at radius 1 is 1.40 bits per heavy atom. The molecule has 0 saturated heterocycles. The van der Waals surface area contributed by atoms with Crippen molar-refractivity contribution < 1.29 is 9.76 Å². The molecule has 1 aliphatic rings. The van der Waals surface area contributed by atoms with E-state index >= 15 is 0 Å². The highest BCUT2D eigenvalue weighted by Gasteiger charge is 2.33. The van der Waals surface area contributed by atoms with Gasteiger partial charge in [0, 0.05) is 11.3 Å². The molecule has 0 unspecified atom stereocenters. The Balaban J connectivity index is 2.17. The van der Waals surface area contributed by atoms with Crippen molar-refractivity contribution in [3.8, 4) is 0 Å². The maximum Gasteiger partial charge on any atom is 0.283 e. The maximum absolute atomic E-state index is 11.3. The molecule has 0 spiro atoms. The summed E-state index contributed by atoms with van der Waals surface area (Å²) in [6.45, 7) is 7.59. The Labute approximate surface area is 150 Å². The summed E-state index contributed by atoms with van der Waals surface area (Å²) in [5.41, 5.74) is 11.3. The average Bonchev–Trinajstić information content (AvgIpc) is 2.45. The van der Waals surface area contributed by atoms with Gasteiger partial charge in [0.2, 0.25) is 11.9 Å². The van der Waals surface area contributed by atoms with E-state index in [9.17, 15) is 10.1 Å². The lowest BCUT2D eigenvalue weighted by Gasteiger charge is -2.36. The topological polar surface area (TPSA) is 132 Å². The Hall–Kier alpha value is -2.33. The van der Waals surface area contributed by atoms with Crippen molar-refractivity contribution in [1.82, 2.24) is 5.06 Å². The van der Waals surface area contributed by atoms with Crippen LogP contribution in [0.2, 0.25) is 0 Å². The monoisotopic (exact) mass is 366 g/mol. The number of benzene rings is 1. The fraction of sp³-hybridized carbons (Fsp3) is 0.467. The lowest BCUT2D eigenvalue weighted by atomic mass is 10.2. The largest absolute Gasteiger partial charge is 0.368 e. The van der Waals surface area contributed by atoms with Gasteiger partial charge in [0.15, 0.2) is 5.66 Å². The van der Waals surface area contributed by atoms with E-state index in [2.05, 4.69) is 9.98 Å². The number of nitro groups is 1. The van der Waals surface area contributed by atoms with Gasteiger partial charge in [-0.15, -0.1) is 11.8 Å². The van der Waals surface area contributed by atoms with Crippen LogP contribution in [0, 0.1) is 10.1 Å². The van der Waals surface area contributed by atoms with Gasteiger partial charge in [0.25, 0.3) is 5.69 Å². The Kier molecular flexibility index (Phi) is 5.53. The molecule has 10 heteroatoms. The minimum atomic E-state index is -0.824. The molecular weight excluding hydrogens is 344 g/mol. The smallest absolute Gasteiger partial charge is 0.283 e. The second kappa shape index (κ2) is 7.28.